The fourth-order valence-electron chi connectivity index (χ4n) is 2.79. The van der Waals surface area contributed by atoms with Crippen molar-refractivity contribution in [3.05, 3.63) is 0 Å². The molecule has 15 nitrogen and oxygen atoms in total. The highest BCUT2D eigenvalue weighted by molar-refractivity contribution is 6.63. The molecule has 0 aromatic carbocycles. The normalized spacial score (nSPS) is 11.4. The van der Waals surface area contributed by atoms with Crippen molar-refractivity contribution in [2.75, 3.05) is 85.6 Å². The summed E-state index contributed by atoms with van der Waals surface area (Å²) in [6.45, 7) is 2.43. The highest BCUT2D eigenvalue weighted by Gasteiger charge is 2.20. The molecule has 0 bridgehead atoms. The molecule has 1 atom stereocenters. The molecule has 0 aliphatic carbocycles. The lowest BCUT2D eigenvalue weighted by molar-refractivity contribution is -0.132. The Morgan fingerprint density at radius 1 is 0.615 bits per heavy atom. The van der Waals surface area contributed by atoms with E-state index in [2.05, 4.69) is 26.6 Å². The highest BCUT2D eigenvalue weighted by Crippen LogP contribution is 2.02. The van der Waals surface area contributed by atoms with Crippen molar-refractivity contribution in [2.24, 2.45) is 5.73 Å². The first-order valence-electron chi connectivity index (χ1n) is 12.5. The average molecular weight is 604 g/mol. The predicted molar refractivity (Wildman–Crippen MR) is 143 cm³/mol. The summed E-state index contributed by atoms with van der Waals surface area (Å²) in [6, 6.07) is -0.778. The van der Waals surface area contributed by atoms with Gasteiger partial charge in [0.25, 0.3) is 0 Å². The number of amides is 5. The van der Waals surface area contributed by atoms with Gasteiger partial charge in [0.2, 0.25) is 17.7 Å². The van der Waals surface area contributed by atoms with Crippen LogP contribution < -0.4 is 32.3 Å². The van der Waals surface area contributed by atoms with Crippen LogP contribution in [0.2, 0.25) is 0 Å². The zero-order valence-electron chi connectivity index (χ0n) is 21.9. The van der Waals surface area contributed by atoms with Crippen LogP contribution in [0.4, 0.5) is 9.59 Å². The van der Waals surface area contributed by atoms with E-state index in [9.17, 15) is 24.0 Å². The van der Waals surface area contributed by atoms with E-state index < -0.39 is 22.7 Å². The van der Waals surface area contributed by atoms with Gasteiger partial charge < -0.3 is 51.3 Å². The molecule has 0 heterocycles. The Labute approximate surface area is 237 Å². The standard InChI is InChI=1S/C22H40Cl2N6O9/c23-21(34)28-7-9-36-11-13-38-15-18(31)26-5-2-1-3-17(20(33)27-6-4-25)30-19(32)16-39-14-12-37-10-8-29-22(24)35/h17H,1-16,25H2,(H,26,31)(H,27,33)(H,28,34)(H,29,35)(H,30,32). The minimum atomic E-state index is -0.778. The number of unbranched alkanes of at least 4 members (excludes halogenated alkanes) is 1. The Balaban J connectivity index is 4.04. The molecule has 0 fully saturated rings. The average Bonchev–Trinajstić information content (AvgIpc) is 2.89. The maximum atomic E-state index is 12.4. The lowest BCUT2D eigenvalue weighted by atomic mass is 10.1. The van der Waals surface area contributed by atoms with Crippen LogP contribution >= 0.6 is 23.2 Å². The van der Waals surface area contributed by atoms with Crippen LogP contribution in [0.3, 0.4) is 0 Å². The number of rotatable bonds is 25. The van der Waals surface area contributed by atoms with Crippen LogP contribution in [0, 0.1) is 0 Å². The minimum Gasteiger partial charge on any atom is -0.377 e. The molecule has 0 aromatic rings. The zero-order chi connectivity index (χ0) is 29.1. The first-order valence-corrected chi connectivity index (χ1v) is 13.2. The summed E-state index contributed by atoms with van der Waals surface area (Å²) in [5, 5.41) is 11.4. The lowest BCUT2D eigenvalue weighted by Crippen LogP contribution is -2.48. The fourth-order valence-corrected chi connectivity index (χ4v) is 2.98. The molecule has 7 N–H and O–H groups in total. The second-order valence-electron chi connectivity index (χ2n) is 7.78. The third-order valence-electron chi connectivity index (χ3n) is 4.57. The molecule has 226 valence electrons. The first-order chi connectivity index (χ1) is 18.8. The Kier molecular flexibility index (Phi) is 24.5. The van der Waals surface area contributed by atoms with E-state index in [1.54, 1.807) is 0 Å². The summed E-state index contributed by atoms with van der Waals surface area (Å²) >= 11 is 10.2. The van der Waals surface area contributed by atoms with Crippen LogP contribution in [0.25, 0.3) is 0 Å². The number of carbonyl (C=O) groups excluding carboxylic acids is 5. The molecule has 0 spiro atoms. The number of ether oxygens (including phenoxy) is 4. The molecule has 0 aliphatic heterocycles. The maximum Gasteiger partial charge on any atom is 0.313 e. The monoisotopic (exact) mass is 602 g/mol. The van der Waals surface area contributed by atoms with E-state index in [4.69, 9.17) is 47.9 Å². The maximum absolute atomic E-state index is 12.4. The Bertz CT molecular complexity index is 722. The van der Waals surface area contributed by atoms with Gasteiger partial charge in [-0.15, -0.1) is 0 Å². The number of halogens is 2. The summed E-state index contributed by atoms with van der Waals surface area (Å²) < 4.78 is 20.8. The van der Waals surface area contributed by atoms with Gasteiger partial charge in [-0.3, -0.25) is 24.0 Å². The molecule has 0 aromatic heterocycles. The van der Waals surface area contributed by atoms with Gasteiger partial charge in [0.1, 0.15) is 19.3 Å². The lowest BCUT2D eigenvalue weighted by Gasteiger charge is -2.18. The van der Waals surface area contributed by atoms with E-state index in [1.807, 2.05) is 0 Å². The minimum absolute atomic E-state index is 0.128. The van der Waals surface area contributed by atoms with Crippen LogP contribution in [-0.4, -0.2) is 120 Å². The summed E-state index contributed by atoms with van der Waals surface area (Å²) in [4.78, 5) is 57.4. The predicted octanol–water partition coefficient (Wildman–Crippen LogP) is -1.20. The third-order valence-corrected chi connectivity index (χ3v) is 4.84. The largest absolute Gasteiger partial charge is 0.377 e. The molecule has 0 saturated carbocycles. The number of hydrogen-bond donors (Lipinski definition) is 6. The van der Waals surface area contributed by atoms with Gasteiger partial charge in [0.15, 0.2) is 0 Å². The number of hydrogen-bond acceptors (Lipinski definition) is 10. The Hall–Kier alpha value is -2.27. The highest BCUT2D eigenvalue weighted by atomic mass is 35.5. The molecule has 17 heteroatoms. The topological polar surface area (TPSA) is 208 Å². The molecule has 5 amide bonds. The van der Waals surface area contributed by atoms with Crippen LogP contribution in [0.5, 0.6) is 0 Å². The van der Waals surface area contributed by atoms with E-state index in [0.717, 1.165) is 0 Å². The summed E-state index contributed by atoms with van der Waals surface area (Å²) in [5.74, 6) is -1.11. The van der Waals surface area contributed by atoms with Gasteiger partial charge >= 0.3 is 10.7 Å². The Morgan fingerprint density at radius 2 is 1.15 bits per heavy atom. The van der Waals surface area contributed by atoms with Gasteiger partial charge in [-0.1, -0.05) is 0 Å². The smallest absolute Gasteiger partial charge is 0.313 e. The van der Waals surface area contributed by atoms with Crippen molar-refractivity contribution in [3.63, 3.8) is 0 Å². The van der Waals surface area contributed by atoms with E-state index in [-0.39, 0.29) is 90.8 Å². The molecule has 39 heavy (non-hydrogen) atoms. The molecule has 0 saturated heterocycles. The van der Waals surface area contributed by atoms with Crippen molar-refractivity contribution >= 4 is 51.7 Å². The number of nitrogens with two attached hydrogens (primary N) is 1. The third kappa shape index (κ3) is 25.8. The van der Waals surface area contributed by atoms with Gasteiger partial charge in [-0.25, -0.2) is 0 Å². The Morgan fingerprint density at radius 3 is 1.69 bits per heavy atom. The molecule has 0 aliphatic rings. The van der Waals surface area contributed by atoms with Gasteiger partial charge in [0.05, 0.1) is 39.6 Å². The van der Waals surface area contributed by atoms with E-state index in [1.165, 1.54) is 0 Å². The number of nitrogens with one attached hydrogen (secondary N) is 5. The first kappa shape index (κ1) is 36.7. The van der Waals surface area contributed by atoms with Gasteiger partial charge in [-0.2, -0.15) is 0 Å². The van der Waals surface area contributed by atoms with Crippen LogP contribution in [0.15, 0.2) is 0 Å². The molecular formula is C22H40Cl2N6O9. The summed E-state index contributed by atoms with van der Waals surface area (Å²) in [5.41, 5.74) is 5.43. The second kappa shape index (κ2) is 26.0. The van der Waals surface area contributed by atoms with E-state index >= 15 is 0 Å². The van der Waals surface area contributed by atoms with Crippen LogP contribution in [-0.2, 0) is 33.3 Å². The second-order valence-corrected chi connectivity index (χ2v) is 8.46. The van der Waals surface area contributed by atoms with E-state index in [0.29, 0.717) is 25.8 Å². The van der Waals surface area contributed by atoms with Crippen molar-refractivity contribution < 1.29 is 42.9 Å². The fraction of sp³-hybridized carbons (Fsp3) is 0.773. The molecule has 0 rings (SSSR count). The molecule has 1 unspecified atom stereocenters. The van der Waals surface area contributed by atoms with Crippen LogP contribution in [0.1, 0.15) is 19.3 Å². The zero-order valence-corrected chi connectivity index (χ0v) is 23.4. The van der Waals surface area contributed by atoms with Crippen molar-refractivity contribution in [1.29, 1.82) is 0 Å². The van der Waals surface area contributed by atoms with Crippen molar-refractivity contribution in [1.82, 2.24) is 26.6 Å². The van der Waals surface area contributed by atoms with Gasteiger partial charge in [0, 0.05) is 32.7 Å². The van der Waals surface area contributed by atoms with Gasteiger partial charge in [-0.05, 0) is 42.5 Å². The van der Waals surface area contributed by atoms with Crippen molar-refractivity contribution in [2.45, 2.75) is 25.3 Å². The summed E-state index contributed by atoms with van der Waals surface area (Å²) in [7, 11) is 0. The summed E-state index contributed by atoms with van der Waals surface area (Å²) in [6.07, 6.45) is 1.49. The SMILES string of the molecule is NCCNC(=O)C(CCCCNC(=O)COCCOCCNC(=O)Cl)NC(=O)COCCOCCNC(=O)Cl. The van der Waals surface area contributed by atoms with Crippen molar-refractivity contribution in [3.8, 4) is 0 Å². The molecular weight excluding hydrogens is 563 g/mol. The number of carbonyl (C=O) groups is 5. The molecule has 0 radical (unpaired) electrons. The quantitative estimate of drug-likeness (QED) is 0.0417.